The lowest BCUT2D eigenvalue weighted by molar-refractivity contribution is -0.134. The highest BCUT2D eigenvalue weighted by molar-refractivity contribution is 6.19. The van der Waals surface area contributed by atoms with E-state index in [1.165, 1.54) is 38.3 Å². The van der Waals surface area contributed by atoms with E-state index >= 15 is 0 Å². The quantitative estimate of drug-likeness (QED) is 0.469. The van der Waals surface area contributed by atoms with Gasteiger partial charge in [0.2, 0.25) is 0 Å². The Morgan fingerprint density at radius 2 is 2.00 bits per heavy atom. The summed E-state index contributed by atoms with van der Waals surface area (Å²) < 4.78 is 4.88. The molecule has 0 bridgehead atoms. The molecule has 17 heavy (non-hydrogen) atoms. The Morgan fingerprint density at radius 3 is 2.47 bits per heavy atom. The molecule has 0 aliphatic heterocycles. The largest absolute Gasteiger partial charge is 0.504 e. The van der Waals surface area contributed by atoms with Crippen LogP contribution < -0.4 is 4.74 Å². The second kappa shape index (κ2) is 5.16. The van der Waals surface area contributed by atoms with Crippen molar-refractivity contribution in [3.8, 4) is 11.5 Å². The minimum Gasteiger partial charge on any atom is -0.504 e. The summed E-state index contributed by atoms with van der Waals surface area (Å²) in [5.41, 5.74) is 0.144. The molecule has 0 aliphatic rings. The first-order valence-corrected chi connectivity index (χ1v) is 4.78. The van der Waals surface area contributed by atoms with Gasteiger partial charge in [-0.2, -0.15) is 0 Å². The molecule has 0 fully saturated rings. The molecule has 1 rings (SSSR count). The van der Waals surface area contributed by atoms with E-state index in [0.29, 0.717) is 5.56 Å². The number of carboxylic acid groups (broad SMARTS) is 1. The molecule has 0 unspecified atom stereocenters. The van der Waals surface area contributed by atoms with Crippen molar-refractivity contribution in [2.45, 2.75) is 6.92 Å². The number of aromatic hydroxyl groups is 1. The first-order valence-electron chi connectivity index (χ1n) is 4.78. The van der Waals surface area contributed by atoms with E-state index in [2.05, 4.69) is 0 Å². The fourth-order valence-electron chi connectivity index (χ4n) is 1.26. The molecule has 90 valence electrons. The van der Waals surface area contributed by atoms with Crippen LogP contribution in [0.25, 0.3) is 6.08 Å². The fraction of sp³-hybridized carbons (Fsp3) is 0.167. The zero-order valence-corrected chi connectivity index (χ0v) is 9.43. The molecule has 1 aromatic carbocycles. The highest BCUT2D eigenvalue weighted by atomic mass is 16.5. The van der Waals surface area contributed by atoms with Crippen molar-refractivity contribution < 1.29 is 24.5 Å². The Kier molecular flexibility index (Phi) is 3.87. The first kappa shape index (κ1) is 12.8. The summed E-state index contributed by atoms with van der Waals surface area (Å²) in [7, 11) is 1.38. The second-order valence-corrected chi connectivity index (χ2v) is 3.35. The average Bonchev–Trinajstić information content (AvgIpc) is 2.26. The number of carboxylic acids is 1. The lowest BCUT2D eigenvalue weighted by atomic mass is 10.1. The van der Waals surface area contributed by atoms with Crippen molar-refractivity contribution >= 4 is 17.8 Å². The number of rotatable bonds is 4. The molecule has 0 radical (unpaired) electrons. The predicted molar refractivity (Wildman–Crippen MR) is 61.0 cm³/mol. The van der Waals surface area contributed by atoms with Crippen LogP contribution in [0.4, 0.5) is 0 Å². The third-order valence-electron chi connectivity index (χ3n) is 2.12. The zero-order chi connectivity index (χ0) is 13.0. The standard InChI is InChI=1S/C12H12O5/c1-7(13)9(12(15)16)5-8-3-4-10(14)11(6-8)17-2/h3-6,14H,1-2H3,(H,15,16). The number of carbonyl (C=O) groups is 2. The van der Waals surface area contributed by atoms with Crippen LogP contribution in [0.2, 0.25) is 0 Å². The molecule has 0 spiro atoms. The summed E-state index contributed by atoms with van der Waals surface area (Å²) >= 11 is 0. The van der Waals surface area contributed by atoms with Crippen molar-refractivity contribution in [2.75, 3.05) is 7.11 Å². The monoisotopic (exact) mass is 236 g/mol. The van der Waals surface area contributed by atoms with E-state index in [4.69, 9.17) is 9.84 Å². The Hall–Kier alpha value is -2.30. The maximum Gasteiger partial charge on any atom is 0.339 e. The Morgan fingerprint density at radius 1 is 1.35 bits per heavy atom. The molecule has 0 atom stereocenters. The smallest absolute Gasteiger partial charge is 0.339 e. The molecule has 2 N–H and O–H groups in total. The van der Waals surface area contributed by atoms with E-state index in [1.807, 2.05) is 0 Å². The van der Waals surface area contributed by atoms with Gasteiger partial charge in [-0.25, -0.2) is 4.79 Å². The Labute approximate surface area is 98.0 Å². The number of hydrogen-bond acceptors (Lipinski definition) is 4. The molecule has 0 heterocycles. The van der Waals surface area contributed by atoms with E-state index < -0.39 is 11.8 Å². The normalized spacial score (nSPS) is 11.1. The van der Waals surface area contributed by atoms with Crippen LogP contribution in [0, 0.1) is 0 Å². The van der Waals surface area contributed by atoms with Gasteiger partial charge in [0.25, 0.3) is 0 Å². The Balaban J connectivity index is 3.21. The van der Waals surface area contributed by atoms with E-state index in [1.54, 1.807) is 0 Å². The average molecular weight is 236 g/mol. The highest BCUT2D eigenvalue weighted by Crippen LogP contribution is 2.27. The van der Waals surface area contributed by atoms with Gasteiger partial charge in [-0.15, -0.1) is 0 Å². The van der Waals surface area contributed by atoms with Crippen molar-refractivity contribution in [3.05, 3.63) is 29.3 Å². The zero-order valence-electron chi connectivity index (χ0n) is 9.43. The number of ether oxygens (including phenoxy) is 1. The molecule has 5 nitrogen and oxygen atoms in total. The number of methoxy groups -OCH3 is 1. The van der Waals surface area contributed by atoms with E-state index in [-0.39, 0.29) is 17.1 Å². The van der Waals surface area contributed by atoms with Gasteiger partial charge in [0.1, 0.15) is 5.57 Å². The van der Waals surface area contributed by atoms with Gasteiger partial charge in [0, 0.05) is 0 Å². The van der Waals surface area contributed by atoms with Gasteiger partial charge in [-0.1, -0.05) is 6.07 Å². The summed E-state index contributed by atoms with van der Waals surface area (Å²) in [5.74, 6) is -1.66. The molecular weight excluding hydrogens is 224 g/mol. The molecular formula is C12H12O5. The van der Waals surface area contributed by atoms with Crippen molar-refractivity contribution in [3.63, 3.8) is 0 Å². The first-order chi connectivity index (χ1) is 7.95. The number of phenolic OH excluding ortho intramolecular Hbond substituents is 1. The minimum absolute atomic E-state index is 0.0515. The van der Waals surface area contributed by atoms with Gasteiger partial charge < -0.3 is 14.9 Å². The summed E-state index contributed by atoms with van der Waals surface area (Å²) in [6.45, 7) is 1.18. The van der Waals surface area contributed by atoms with Crippen molar-refractivity contribution in [1.82, 2.24) is 0 Å². The third-order valence-corrected chi connectivity index (χ3v) is 2.12. The molecule has 0 aliphatic carbocycles. The van der Waals surface area contributed by atoms with Gasteiger partial charge in [-0.05, 0) is 30.7 Å². The number of ketones is 1. The van der Waals surface area contributed by atoms with Gasteiger partial charge in [0.05, 0.1) is 7.11 Å². The number of Topliss-reactive ketones (excluding diaryl/α,β-unsaturated/α-hetero) is 1. The molecule has 1 aromatic rings. The fourth-order valence-corrected chi connectivity index (χ4v) is 1.26. The van der Waals surface area contributed by atoms with Gasteiger partial charge in [-0.3, -0.25) is 4.79 Å². The molecule has 5 heteroatoms. The van der Waals surface area contributed by atoms with Crippen LogP contribution in [-0.4, -0.2) is 29.1 Å². The minimum atomic E-state index is -1.29. The van der Waals surface area contributed by atoms with Crippen molar-refractivity contribution in [1.29, 1.82) is 0 Å². The van der Waals surface area contributed by atoms with Gasteiger partial charge in [0.15, 0.2) is 17.3 Å². The summed E-state index contributed by atoms with van der Waals surface area (Å²) in [4.78, 5) is 21.9. The van der Waals surface area contributed by atoms with Crippen LogP contribution in [-0.2, 0) is 9.59 Å². The van der Waals surface area contributed by atoms with Crippen LogP contribution >= 0.6 is 0 Å². The molecule has 0 aromatic heterocycles. The van der Waals surface area contributed by atoms with Crippen LogP contribution in [0.5, 0.6) is 11.5 Å². The lowest BCUT2D eigenvalue weighted by Gasteiger charge is -2.04. The maximum atomic E-state index is 11.1. The predicted octanol–water partition coefficient (Wildman–Crippen LogP) is 1.46. The van der Waals surface area contributed by atoms with Crippen molar-refractivity contribution in [2.24, 2.45) is 0 Å². The summed E-state index contributed by atoms with van der Waals surface area (Å²) in [6.07, 6.45) is 1.23. The highest BCUT2D eigenvalue weighted by Gasteiger charge is 2.13. The summed E-state index contributed by atoms with van der Waals surface area (Å²) in [6, 6.07) is 4.30. The van der Waals surface area contributed by atoms with E-state index in [0.717, 1.165) is 0 Å². The van der Waals surface area contributed by atoms with E-state index in [9.17, 15) is 14.7 Å². The number of benzene rings is 1. The third kappa shape index (κ3) is 3.07. The molecule has 0 saturated heterocycles. The summed E-state index contributed by atoms with van der Waals surface area (Å²) in [5, 5.41) is 18.2. The lowest BCUT2D eigenvalue weighted by Crippen LogP contribution is -2.08. The van der Waals surface area contributed by atoms with Gasteiger partial charge >= 0.3 is 5.97 Å². The van der Waals surface area contributed by atoms with Crippen LogP contribution in [0.1, 0.15) is 12.5 Å². The Bertz CT molecular complexity index is 472. The number of hydrogen-bond donors (Lipinski definition) is 2. The number of phenols is 1. The van der Waals surface area contributed by atoms with Crippen LogP contribution in [0.15, 0.2) is 23.8 Å². The molecule has 0 saturated carbocycles. The SMILES string of the molecule is COc1cc(C=C(C(C)=O)C(=O)O)ccc1O. The number of carbonyl (C=O) groups excluding carboxylic acids is 1. The maximum absolute atomic E-state index is 11.1. The number of aliphatic carboxylic acids is 1. The molecule has 0 amide bonds. The topological polar surface area (TPSA) is 83.8 Å². The van der Waals surface area contributed by atoms with Crippen LogP contribution in [0.3, 0.4) is 0 Å². The second-order valence-electron chi connectivity index (χ2n) is 3.35.